The van der Waals surface area contributed by atoms with Crippen molar-refractivity contribution in [2.24, 2.45) is 5.92 Å². The van der Waals surface area contributed by atoms with Crippen LogP contribution in [0.2, 0.25) is 0 Å². The minimum absolute atomic E-state index is 0.00343. The first kappa shape index (κ1) is 23.7. The predicted octanol–water partition coefficient (Wildman–Crippen LogP) is 8.53. The molecule has 176 valence electrons. The smallest absolute Gasteiger partial charge is 0.194 e. The summed E-state index contributed by atoms with van der Waals surface area (Å²) in [5, 5.41) is -0.121. The van der Waals surface area contributed by atoms with Crippen LogP contribution in [0.25, 0.3) is 10.8 Å². The third kappa shape index (κ3) is 4.75. The molecule has 0 spiro atoms. The van der Waals surface area contributed by atoms with Crippen molar-refractivity contribution in [3.05, 3.63) is 81.9 Å². The molecule has 0 aliphatic heterocycles. The molecule has 0 unspecified atom stereocenters. The van der Waals surface area contributed by atoms with Crippen LogP contribution in [0.15, 0.2) is 30.3 Å². The van der Waals surface area contributed by atoms with Crippen LogP contribution in [-0.4, -0.2) is 0 Å². The van der Waals surface area contributed by atoms with Gasteiger partial charge in [-0.2, -0.15) is 0 Å². The van der Waals surface area contributed by atoms with E-state index in [1.807, 2.05) is 0 Å². The van der Waals surface area contributed by atoms with Gasteiger partial charge in [0.15, 0.2) is 29.1 Å². The fourth-order valence-electron chi connectivity index (χ4n) is 5.14. The van der Waals surface area contributed by atoms with Gasteiger partial charge >= 0.3 is 0 Å². The van der Waals surface area contributed by atoms with E-state index in [0.29, 0.717) is 16.9 Å². The van der Waals surface area contributed by atoms with Crippen LogP contribution < -0.4 is 0 Å². The highest BCUT2D eigenvalue weighted by molar-refractivity contribution is 5.85. The molecule has 0 radical (unpaired) electrons. The van der Waals surface area contributed by atoms with E-state index in [4.69, 9.17) is 0 Å². The highest BCUT2D eigenvalue weighted by Crippen LogP contribution is 2.40. The maximum absolute atomic E-state index is 15.1. The zero-order valence-electron chi connectivity index (χ0n) is 18.5. The first-order valence-corrected chi connectivity index (χ1v) is 11.5. The molecule has 0 nitrogen and oxygen atoms in total. The molecule has 0 N–H and O–H groups in total. The minimum Gasteiger partial charge on any atom is -0.206 e. The van der Waals surface area contributed by atoms with Crippen LogP contribution in [0.5, 0.6) is 0 Å². The zero-order chi connectivity index (χ0) is 23.7. The summed E-state index contributed by atoms with van der Waals surface area (Å²) in [6.07, 6.45) is 5.81. The number of halogens is 6. The molecule has 33 heavy (non-hydrogen) atoms. The molecule has 0 heterocycles. The van der Waals surface area contributed by atoms with Crippen molar-refractivity contribution in [3.8, 4) is 0 Å². The lowest BCUT2D eigenvalue weighted by molar-refractivity contribution is 0.303. The topological polar surface area (TPSA) is 0 Å². The Morgan fingerprint density at radius 1 is 0.727 bits per heavy atom. The molecule has 1 fully saturated rings. The Morgan fingerprint density at radius 3 is 2.03 bits per heavy atom. The molecule has 1 aliphatic rings. The molecule has 3 aromatic rings. The van der Waals surface area contributed by atoms with Crippen LogP contribution in [0.4, 0.5) is 26.3 Å². The van der Waals surface area contributed by atoms with Gasteiger partial charge in [-0.1, -0.05) is 31.9 Å². The Kier molecular flexibility index (Phi) is 7.01. The van der Waals surface area contributed by atoms with Crippen LogP contribution in [0, 0.1) is 40.8 Å². The van der Waals surface area contributed by atoms with E-state index in [2.05, 4.69) is 6.92 Å². The van der Waals surface area contributed by atoms with E-state index in [9.17, 15) is 17.6 Å². The summed E-state index contributed by atoms with van der Waals surface area (Å²) in [6, 6.07) is 6.27. The average Bonchev–Trinajstić information content (AvgIpc) is 2.80. The predicted molar refractivity (Wildman–Crippen MR) is 117 cm³/mol. The summed E-state index contributed by atoms with van der Waals surface area (Å²) in [5.41, 5.74) is 0.546. The molecule has 1 saturated carbocycles. The van der Waals surface area contributed by atoms with Gasteiger partial charge < -0.3 is 0 Å². The molecule has 0 bridgehead atoms. The van der Waals surface area contributed by atoms with Gasteiger partial charge in [0.2, 0.25) is 0 Å². The fourth-order valence-corrected chi connectivity index (χ4v) is 5.14. The normalized spacial score (nSPS) is 18.8. The largest absolute Gasteiger partial charge is 0.206 e. The molecule has 0 saturated heterocycles. The number of hydrogen-bond acceptors (Lipinski definition) is 0. The lowest BCUT2D eigenvalue weighted by Gasteiger charge is -2.29. The number of benzene rings is 3. The SMILES string of the molecule is CCCC1CCC(c2cc3ccc(CCc4cc(F)c(F)c(F)c4)c(F)c3c(F)c2F)CC1. The number of fused-ring (bicyclic) bond motifs is 1. The Bertz CT molecular complexity index is 1140. The van der Waals surface area contributed by atoms with Crippen molar-refractivity contribution in [1.29, 1.82) is 0 Å². The molecule has 4 rings (SSSR count). The summed E-state index contributed by atoms with van der Waals surface area (Å²) in [6.45, 7) is 2.14. The Morgan fingerprint density at radius 2 is 1.39 bits per heavy atom. The Hall–Kier alpha value is -2.50. The van der Waals surface area contributed by atoms with Gasteiger partial charge in [-0.15, -0.1) is 0 Å². The maximum atomic E-state index is 15.1. The van der Waals surface area contributed by atoms with E-state index < -0.39 is 40.3 Å². The van der Waals surface area contributed by atoms with Crippen molar-refractivity contribution < 1.29 is 26.3 Å². The van der Waals surface area contributed by atoms with Gasteiger partial charge in [-0.25, -0.2) is 26.3 Å². The van der Waals surface area contributed by atoms with E-state index >= 15 is 8.78 Å². The van der Waals surface area contributed by atoms with Crippen molar-refractivity contribution in [2.45, 2.75) is 64.2 Å². The van der Waals surface area contributed by atoms with Gasteiger partial charge in [-0.05, 0) is 90.6 Å². The van der Waals surface area contributed by atoms with Crippen molar-refractivity contribution in [1.82, 2.24) is 0 Å². The van der Waals surface area contributed by atoms with Gasteiger partial charge in [0, 0.05) is 0 Å². The monoisotopic (exact) mass is 464 g/mol. The Balaban J connectivity index is 1.59. The summed E-state index contributed by atoms with van der Waals surface area (Å²) in [4.78, 5) is 0. The van der Waals surface area contributed by atoms with Crippen LogP contribution in [0.3, 0.4) is 0 Å². The number of aryl methyl sites for hydroxylation is 2. The van der Waals surface area contributed by atoms with E-state index in [-0.39, 0.29) is 29.9 Å². The van der Waals surface area contributed by atoms with Crippen molar-refractivity contribution in [3.63, 3.8) is 0 Å². The van der Waals surface area contributed by atoms with Crippen LogP contribution >= 0.6 is 0 Å². The third-order valence-corrected chi connectivity index (χ3v) is 6.94. The summed E-state index contributed by atoms with van der Waals surface area (Å²) >= 11 is 0. The molecule has 0 aromatic heterocycles. The van der Waals surface area contributed by atoms with Gasteiger partial charge in [-0.3, -0.25) is 0 Å². The van der Waals surface area contributed by atoms with Crippen molar-refractivity contribution in [2.75, 3.05) is 0 Å². The molecule has 0 amide bonds. The first-order valence-electron chi connectivity index (χ1n) is 11.5. The average molecular weight is 464 g/mol. The Labute approximate surface area is 189 Å². The standard InChI is InChI=1S/C27H26F6/c1-2-3-15-4-7-17(8-5-15)20-14-19-11-10-18(24(30)23(19)27(33)25(20)31)9-6-16-12-21(28)26(32)22(29)13-16/h10-15,17H,2-9H2,1H3. The second-order valence-electron chi connectivity index (χ2n) is 9.11. The minimum atomic E-state index is -1.57. The van der Waals surface area contributed by atoms with Crippen LogP contribution in [0.1, 0.15) is 68.1 Å². The number of hydrogen-bond donors (Lipinski definition) is 0. The molecular formula is C27H26F6. The fraction of sp³-hybridized carbons (Fsp3) is 0.407. The second kappa shape index (κ2) is 9.78. The molecular weight excluding hydrogens is 438 g/mol. The highest BCUT2D eigenvalue weighted by atomic mass is 19.2. The van der Waals surface area contributed by atoms with Gasteiger partial charge in [0.05, 0.1) is 5.39 Å². The van der Waals surface area contributed by atoms with Crippen LogP contribution in [-0.2, 0) is 12.8 Å². The van der Waals surface area contributed by atoms with Crippen molar-refractivity contribution >= 4 is 10.8 Å². The second-order valence-corrected chi connectivity index (χ2v) is 9.11. The lowest BCUT2D eigenvalue weighted by atomic mass is 9.76. The zero-order valence-corrected chi connectivity index (χ0v) is 18.5. The van der Waals surface area contributed by atoms with E-state index in [1.54, 1.807) is 12.1 Å². The summed E-state index contributed by atoms with van der Waals surface area (Å²) in [7, 11) is 0. The third-order valence-electron chi connectivity index (χ3n) is 6.94. The molecule has 1 aliphatic carbocycles. The molecule has 0 atom stereocenters. The molecule has 6 heteroatoms. The maximum Gasteiger partial charge on any atom is 0.194 e. The van der Waals surface area contributed by atoms with Gasteiger partial charge in [0.1, 0.15) is 5.82 Å². The number of rotatable bonds is 6. The highest BCUT2D eigenvalue weighted by Gasteiger charge is 2.27. The molecule has 3 aromatic carbocycles. The lowest BCUT2D eigenvalue weighted by Crippen LogP contribution is -2.15. The summed E-state index contributed by atoms with van der Waals surface area (Å²) in [5.74, 6) is -6.75. The van der Waals surface area contributed by atoms with Gasteiger partial charge in [0.25, 0.3) is 0 Å². The van der Waals surface area contributed by atoms with E-state index in [1.165, 1.54) is 6.07 Å². The summed E-state index contributed by atoms with van der Waals surface area (Å²) < 4.78 is 85.1. The van der Waals surface area contributed by atoms with E-state index in [0.717, 1.165) is 50.7 Å². The first-order chi connectivity index (χ1) is 15.8. The quantitative estimate of drug-likeness (QED) is 0.253.